The second-order valence-corrected chi connectivity index (χ2v) is 9.45. The molecule has 1 heterocycles. The third-order valence-electron chi connectivity index (χ3n) is 7.91. The molecule has 2 aromatic carbocycles. The van der Waals surface area contributed by atoms with Crippen molar-refractivity contribution >= 4 is 10.8 Å². The largest absolute Gasteiger partial charge is 0.344 e. The van der Waals surface area contributed by atoms with Gasteiger partial charge >= 0.3 is 0 Å². The Labute approximate surface area is 160 Å². The van der Waals surface area contributed by atoms with Crippen molar-refractivity contribution in [1.29, 1.82) is 0 Å². The summed E-state index contributed by atoms with van der Waals surface area (Å²) in [5.74, 6) is 2.66. The second kappa shape index (κ2) is 6.04. The van der Waals surface area contributed by atoms with Crippen molar-refractivity contribution in [2.45, 2.75) is 56.8 Å². The lowest BCUT2D eigenvalue weighted by Gasteiger charge is -2.60. The highest BCUT2D eigenvalue weighted by Gasteiger charge is 2.61. The van der Waals surface area contributed by atoms with Gasteiger partial charge in [-0.3, -0.25) is 0 Å². The van der Waals surface area contributed by atoms with Crippen molar-refractivity contribution in [3.8, 4) is 0 Å². The van der Waals surface area contributed by atoms with Crippen LogP contribution in [0, 0.1) is 23.7 Å². The van der Waals surface area contributed by atoms with Crippen molar-refractivity contribution in [1.82, 2.24) is 0 Å². The minimum atomic E-state index is -0.451. The predicted octanol–water partition coefficient (Wildman–Crippen LogP) is 5.44. The maximum atomic E-state index is 6.54. The van der Waals surface area contributed by atoms with E-state index in [9.17, 15) is 0 Å². The van der Waals surface area contributed by atoms with Gasteiger partial charge in [-0.15, -0.1) is 0 Å². The molecule has 3 nitrogen and oxygen atoms in total. The number of rotatable bonds is 2. The average Bonchev–Trinajstić information content (AvgIpc) is 2.71. The van der Waals surface area contributed by atoms with Crippen LogP contribution in [-0.2, 0) is 14.5 Å². The summed E-state index contributed by atoms with van der Waals surface area (Å²) in [4.78, 5) is 12.2. The molecule has 0 aromatic heterocycles. The molecule has 2 unspecified atom stereocenters. The van der Waals surface area contributed by atoms with Crippen LogP contribution in [0.5, 0.6) is 0 Å². The van der Waals surface area contributed by atoms with E-state index < -0.39 is 5.79 Å². The highest BCUT2D eigenvalue weighted by atomic mass is 17.2. The molecule has 0 amide bonds. The highest BCUT2D eigenvalue weighted by molar-refractivity contribution is 5.83. The van der Waals surface area contributed by atoms with E-state index in [-0.39, 0.29) is 12.0 Å². The molecule has 1 saturated heterocycles. The van der Waals surface area contributed by atoms with Crippen molar-refractivity contribution in [2.24, 2.45) is 23.7 Å². The molecule has 0 N–H and O–H groups in total. The van der Waals surface area contributed by atoms with Crippen LogP contribution < -0.4 is 0 Å². The monoisotopic (exact) mass is 364 g/mol. The lowest BCUT2D eigenvalue weighted by molar-refractivity contribution is -0.526. The van der Waals surface area contributed by atoms with Gasteiger partial charge in [-0.2, -0.15) is 0 Å². The zero-order valence-corrected chi connectivity index (χ0v) is 16.0. The number of fused-ring (bicyclic) bond motifs is 1. The third kappa shape index (κ3) is 2.52. The number of benzene rings is 2. The van der Waals surface area contributed by atoms with Crippen LogP contribution in [0.3, 0.4) is 0 Å². The molecule has 4 aliphatic carbocycles. The summed E-state index contributed by atoms with van der Waals surface area (Å²) >= 11 is 0. The normalized spacial score (nSPS) is 41.3. The fraction of sp³-hybridized carbons (Fsp3) is 0.583. The Morgan fingerprint density at radius 3 is 2.26 bits per heavy atom. The summed E-state index contributed by atoms with van der Waals surface area (Å²) in [6.07, 6.45) is 6.45. The lowest BCUT2D eigenvalue weighted by atomic mass is 9.53. The van der Waals surface area contributed by atoms with Gasteiger partial charge < -0.3 is 4.74 Å². The topological polar surface area (TPSA) is 27.7 Å². The van der Waals surface area contributed by atoms with Crippen molar-refractivity contribution in [3.63, 3.8) is 0 Å². The zero-order chi connectivity index (χ0) is 18.0. The molecule has 7 rings (SSSR count). The van der Waals surface area contributed by atoms with E-state index in [1.807, 2.05) is 0 Å². The Balaban J connectivity index is 1.20. The summed E-state index contributed by atoms with van der Waals surface area (Å²) in [5.41, 5.74) is 1.28. The Morgan fingerprint density at radius 2 is 1.59 bits per heavy atom. The molecule has 1 aliphatic heterocycles. The van der Waals surface area contributed by atoms with E-state index in [2.05, 4.69) is 49.4 Å². The molecule has 5 aliphatic rings. The Morgan fingerprint density at radius 1 is 0.889 bits per heavy atom. The van der Waals surface area contributed by atoms with Crippen LogP contribution in [0.1, 0.15) is 50.5 Å². The standard InChI is InChI=1S/C24H28O3/c1-15(19-7-6-18-4-2-3-5-20(18)13-19)23-14-25-24(27-26-23)21-9-16-8-17(11-21)12-22(24)10-16/h2-7,13,15-17,21-23H,8-12,14H2,1H3. The van der Waals surface area contributed by atoms with Gasteiger partial charge in [0.15, 0.2) is 0 Å². The summed E-state index contributed by atoms with van der Waals surface area (Å²) in [6.45, 7) is 2.85. The summed E-state index contributed by atoms with van der Waals surface area (Å²) < 4.78 is 6.54. The first-order valence-corrected chi connectivity index (χ1v) is 10.7. The average molecular weight is 364 g/mol. The molecule has 2 aromatic rings. The summed E-state index contributed by atoms with van der Waals surface area (Å²) in [7, 11) is 0. The molecule has 1 spiro atoms. The Hall–Kier alpha value is -1.42. The number of ether oxygens (including phenoxy) is 1. The molecule has 142 valence electrons. The van der Waals surface area contributed by atoms with E-state index in [4.69, 9.17) is 14.5 Å². The number of hydrogen-bond donors (Lipinski definition) is 0. The van der Waals surface area contributed by atoms with Gasteiger partial charge in [0, 0.05) is 17.8 Å². The lowest BCUT2D eigenvalue weighted by Crippen LogP contribution is -2.63. The zero-order valence-electron chi connectivity index (χ0n) is 16.0. The predicted molar refractivity (Wildman–Crippen MR) is 104 cm³/mol. The maximum Gasteiger partial charge on any atom is 0.207 e. The van der Waals surface area contributed by atoms with E-state index in [1.54, 1.807) is 0 Å². The molecule has 4 saturated carbocycles. The molecule has 0 radical (unpaired) electrons. The van der Waals surface area contributed by atoms with E-state index >= 15 is 0 Å². The van der Waals surface area contributed by atoms with Crippen LogP contribution in [0.4, 0.5) is 0 Å². The SMILES string of the molecule is CC(c1ccc2ccccc2c1)C1COC2(OO1)C1CC3CC(C1)CC2C3. The molecular formula is C24H28O3. The van der Waals surface area contributed by atoms with Gasteiger partial charge in [-0.05, 0) is 60.3 Å². The summed E-state index contributed by atoms with van der Waals surface area (Å²) in [6, 6.07) is 15.2. The van der Waals surface area contributed by atoms with Crippen molar-refractivity contribution in [3.05, 3.63) is 48.0 Å². The quantitative estimate of drug-likeness (QED) is 0.664. The van der Waals surface area contributed by atoms with E-state index in [0.29, 0.717) is 18.4 Å². The van der Waals surface area contributed by atoms with Crippen molar-refractivity contribution < 1.29 is 14.5 Å². The van der Waals surface area contributed by atoms with Gasteiger partial charge in [0.25, 0.3) is 0 Å². The first-order chi connectivity index (χ1) is 13.2. The smallest absolute Gasteiger partial charge is 0.207 e. The van der Waals surface area contributed by atoms with Crippen LogP contribution in [0.25, 0.3) is 10.8 Å². The first kappa shape index (κ1) is 16.5. The highest BCUT2D eigenvalue weighted by Crippen LogP contribution is 2.60. The second-order valence-electron chi connectivity index (χ2n) is 9.45. The molecule has 27 heavy (non-hydrogen) atoms. The molecule has 4 bridgehead atoms. The molecular weight excluding hydrogens is 336 g/mol. The minimum absolute atomic E-state index is 0.0472. The van der Waals surface area contributed by atoms with Gasteiger partial charge in [-0.25, -0.2) is 9.78 Å². The molecule has 2 atom stereocenters. The Bertz CT molecular complexity index is 822. The van der Waals surface area contributed by atoms with Crippen LogP contribution in [0.2, 0.25) is 0 Å². The van der Waals surface area contributed by atoms with Gasteiger partial charge in [0.1, 0.15) is 6.10 Å². The fourth-order valence-corrected chi connectivity index (χ4v) is 6.55. The first-order valence-electron chi connectivity index (χ1n) is 10.7. The van der Waals surface area contributed by atoms with Gasteiger partial charge in [0.2, 0.25) is 5.79 Å². The maximum absolute atomic E-state index is 6.54. The molecule has 5 fully saturated rings. The molecule has 3 heteroatoms. The van der Waals surface area contributed by atoms with Crippen LogP contribution >= 0.6 is 0 Å². The van der Waals surface area contributed by atoms with Crippen LogP contribution in [0.15, 0.2) is 42.5 Å². The van der Waals surface area contributed by atoms with Gasteiger partial charge in [0.05, 0.1) is 6.61 Å². The van der Waals surface area contributed by atoms with Gasteiger partial charge in [-0.1, -0.05) is 49.4 Å². The van der Waals surface area contributed by atoms with Crippen molar-refractivity contribution in [2.75, 3.05) is 6.61 Å². The number of hydrogen-bond acceptors (Lipinski definition) is 3. The summed E-state index contributed by atoms with van der Waals surface area (Å²) in [5, 5.41) is 2.55. The van der Waals surface area contributed by atoms with E-state index in [1.165, 1.54) is 48.4 Å². The Kier molecular flexibility index (Phi) is 3.70. The van der Waals surface area contributed by atoms with Crippen LogP contribution in [-0.4, -0.2) is 18.5 Å². The fourth-order valence-electron chi connectivity index (χ4n) is 6.55. The minimum Gasteiger partial charge on any atom is -0.344 e. The third-order valence-corrected chi connectivity index (χ3v) is 7.91. The van der Waals surface area contributed by atoms with E-state index in [0.717, 1.165) is 11.8 Å².